The molecule has 0 radical (unpaired) electrons. The highest BCUT2D eigenvalue weighted by Gasteiger charge is 2.44. The molecule has 16 heavy (non-hydrogen) atoms. The highest BCUT2D eigenvalue weighted by molar-refractivity contribution is 5.76. The van der Waals surface area contributed by atoms with Crippen molar-refractivity contribution in [2.24, 2.45) is 5.92 Å². The summed E-state index contributed by atoms with van der Waals surface area (Å²) in [4.78, 5) is 11.7. The number of hydrogen-bond acceptors (Lipinski definition) is 4. The second-order valence-electron chi connectivity index (χ2n) is 5.18. The average Bonchev–Trinajstić information content (AvgIpc) is 2.40. The first kappa shape index (κ1) is 13.5. The lowest BCUT2D eigenvalue weighted by atomic mass is 10.00. The summed E-state index contributed by atoms with van der Waals surface area (Å²) in [5.41, 5.74) is -0.447. The summed E-state index contributed by atoms with van der Waals surface area (Å²) in [5, 5.41) is 3.33. The second kappa shape index (κ2) is 5.15. The van der Waals surface area contributed by atoms with Crippen molar-refractivity contribution in [1.29, 1.82) is 0 Å². The molecule has 0 aromatic carbocycles. The number of nitrogens with one attached hydrogen (secondary N) is 1. The van der Waals surface area contributed by atoms with Crippen molar-refractivity contribution in [3.8, 4) is 0 Å². The normalized spacial score (nSPS) is 28.4. The van der Waals surface area contributed by atoms with E-state index in [0.717, 1.165) is 6.42 Å². The van der Waals surface area contributed by atoms with Gasteiger partial charge in [0.15, 0.2) is 6.10 Å². The van der Waals surface area contributed by atoms with E-state index in [1.54, 1.807) is 0 Å². The molecule has 1 N–H and O–H groups in total. The van der Waals surface area contributed by atoms with Crippen molar-refractivity contribution < 1.29 is 14.3 Å². The zero-order chi connectivity index (χ0) is 12.3. The minimum atomic E-state index is -0.475. The number of esters is 1. The molecule has 1 saturated heterocycles. The van der Waals surface area contributed by atoms with Crippen LogP contribution in [0, 0.1) is 5.92 Å². The van der Waals surface area contributed by atoms with Crippen molar-refractivity contribution >= 4 is 5.97 Å². The SMILES string of the molecule is CCOC(=O)[C@H]1OC(C)(C)N[C@@H]1CC(C)C. The zero-order valence-electron chi connectivity index (χ0n) is 10.9. The Morgan fingerprint density at radius 3 is 2.62 bits per heavy atom. The van der Waals surface area contributed by atoms with Crippen molar-refractivity contribution in [3.63, 3.8) is 0 Å². The minimum Gasteiger partial charge on any atom is -0.464 e. The molecule has 0 saturated carbocycles. The van der Waals surface area contributed by atoms with Crippen LogP contribution in [0.3, 0.4) is 0 Å². The van der Waals surface area contributed by atoms with Crippen LogP contribution in [0.1, 0.15) is 41.0 Å². The predicted molar refractivity (Wildman–Crippen MR) is 62.0 cm³/mol. The molecule has 1 aliphatic rings. The van der Waals surface area contributed by atoms with Gasteiger partial charge in [-0.3, -0.25) is 5.32 Å². The maximum Gasteiger partial charge on any atom is 0.336 e. The summed E-state index contributed by atoms with van der Waals surface area (Å²) in [7, 11) is 0. The molecular formula is C12H23NO3. The molecule has 4 nitrogen and oxygen atoms in total. The molecule has 0 unspecified atom stereocenters. The number of ether oxygens (including phenoxy) is 2. The Kier molecular flexibility index (Phi) is 4.33. The second-order valence-corrected chi connectivity index (χ2v) is 5.18. The Hall–Kier alpha value is -0.610. The van der Waals surface area contributed by atoms with E-state index in [1.165, 1.54) is 0 Å². The van der Waals surface area contributed by atoms with Gasteiger partial charge in [0, 0.05) is 6.04 Å². The van der Waals surface area contributed by atoms with Gasteiger partial charge in [-0.05, 0) is 33.1 Å². The molecule has 1 heterocycles. The van der Waals surface area contributed by atoms with Crippen LogP contribution in [-0.4, -0.2) is 30.4 Å². The van der Waals surface area contributed by atoms with Gasteiger partial charge >= 0.3 is 5.97 Å². The van der Waals surface area contributed by atoms with Crippen molar-refractivity contribution in [2.45, 2.75) is 58.9 Å². The Bertz CT molecular complexity index is 251. The molecule has 0 bridgehead atoms. The van der Waals surface area contributed by atoms with Gasteiger partial charge in [-0.15, -0.1) is 0 Å². The largest absolute Gasteiger partial charge is 0.464 e. The maximum atomic E-state index is 11.7. The van der Waals surface area contributed by atoms with E-state index in [9.17, 15) is 4.79 Å². The fourth-order valence-corrected chi connectivity index (χ4v) is 2.08. The van der Waals surface area contributed by atoms with Crippen LogP contribution in [0.25, 0.3) is 0 Å². The van der Waals surface area contributed by atoms with Crippen LogP contribution < -0.4 is 5.32 Å². The first-order valence-electron chi connectivity index (χ1n) is 5.98. The standard InChI is InChI=1S/C12H23NO3/c1-6-15-11(14)10-9(7-8(2)3)13-12(4,5)16-10/h8-10,13H,6-7H2,1-5H3/t9-,10+/m1/s1. The molecule has 1 fully saturated rings. The summed E-state index contributed by atoms with van der Waals surface area (Å²) in [6, 6.07) is 0.0500. The maximum absolute atomic E-state index is 11.7. The van der Waals surface area contributed by atoms with E-state index in [0.29, 0.717) is 12.5 Å². The van der Waals surface area contributed by atoms with Crippen LogP contribution in [0.4, 0.5) is 0 Å². The van der Waals surface area contributed by atoms with Crippen LogP contribution >= 0.6 is 0 Å². The Labute approximate surface area is 97.7 Å². The minimum absolute atomic E-state index is 0.0500. The molecule has 0 spiro atoms. The third-order valence-electron chi connectivity index (χ3n) is 2.56. The number of hydrogen-bond donors (Lipinski definition) is 1. The van der Waals surface area contributed by atoms with E-state index in [1.807, 2.05) is 20.8 Å². The molecule has 1 aliphatic heterocycles. The zero-order valence-corrected chi connectivity index (χ0v) is 10.9. The van der Waals surface area contributed by atoms with Crippen LogP contribution in [-0.2, 0) is 14.3 Å². The topological polar surface area (TPSA) is 47.6 Å². The monoisotopic (exact) mass is 229 g/mol. The summed E-state index contributed by atoms with van der Waals surface area (Å²) in [6.45, 7) is 10.3. The Morgan fingerprint density at radius 1 is 1.50 bits per heavy atom. The summed E-state index contributed by atoms with van der Waals surface area (Å²) >= 11 is 0. The lowest BCUT2D eigenvalue weighted by Crippen LogP contribution is -2.41. The van der Waals surface area contributed by atoms with Gasteiger partial charge < -0.3 is 9.47 Å². The van der Waals surface area contributed by atoms with Gasteiger partial charge in [-0.1, -0.05) is 13.8 Å². The van der Waals surface area contributed by atoms with Crippen LogP contribution in [0.2, 0.25) is 0 Å². The quantitative estimate of drug-likeness (QED) is 0.745. The lowest BCUT2D eigenvalue weighted by Gasteiger charge is -2.18. The summed E-state index contributed by atoms with van der Waals surface area (Å²) in [5.74, 6) is 0.262. The number of carbonyl (C=O) groups excluding carboxylic acids is 1. The third kappa shape index (κ3) is 3.46. The average molecular weight is 229 g/mol. The summed E-state index contributed by atoms with van der Waals surface area (Å²) < 4.78 is 10.7. The first-order valence-corrected chi connectivity index (χ1v) is 5.98. The molecule has 0 aliphatic carbocycles. The van der Waals surface area contributed by atoms with Gasteiger partial charge in [0.25, 0.3) is 0 Å². The fourth-order valence-electron chi connectivity index (χ4n) is 2.08. The molecule has 0 aromatic heterocycles. The molecule has 1 rings (SSSR count). The summed E-state index contributed by atoms with van der Waals surface area (Å²) in [6.07, 6.45) is 0.435. The fraction of sp³-hybridized carbons (Fsp3) is 0.917. The van der Waals surface area contributed by atoms with Gasteiger partial charge in [0.05, 0.1) is 6.61 Å². The van der Waals surface area contributed by atoms with Gasteiger partial charge in [0.2, 0.25) is 0 Å². The van der Waals surface area contributed by atoms with Crippen molar-refractivity contribution in [3.05, 3.63) is 0 Å². The highest BCUT2D eigenvalue weighted by atomic mass is 16.6. The van der Waals surface area contributed by atoms with Gasteiger partial charge in [-0.25, -0.2) is 4.79 Å². The Balaban J connectivity index is 2.68. The molecule has 94 valence electrons. The number of carbonyl (C=O) groups is 1. The lowest BCUT2D eigenvalue weighted by molar-refractivity contribution is -0.159. The smallest absolute Gasteiger partial charge is 0.336 e. The highest BCUT2D eigenvalue weighted by Crippen LogP contribution is 2.26. The van der Waals surface area contributed by atoms with E-state index in [4.69, 9.17) is 9.47 Å². The molecular weight excluding hydrogens is 206 g/mol. The molecule has 0 amide bonds. The van der Waals surface area contributed by atoms with E-state index in [2.05, 4.69) is 19.2 Å². The molecule has 2 atom stereocenters. The third-order valence-corrected chi connectivity index (χ3v) is 2.56. The predicted octanol–water partition coefficient (Wildman–Crippen LogP) is 1.69. The van der Waals surface area contributed by atoms with Crippen LogP contribution in [0.15, 0.2) is 0 Å². The Morgan fingerprint density at radius 2 is 2.12 bits per heavy atom. The van der Waals surface area contributed by atoms with Gasteiger partial charge in [-0.2, -0.15) is 0 Å². The van der Waals surface area contributed by atoms with E-state index in [-0.39, 0.29) is 12.0 Å². The van der Waals surface area contributed by atoms with Gasteiger partial charge in [0.1, 0.15) is 5.72 Å². The van der Waals surface area contributed by atoms with E-state index < -0.39 is 11.8 Å². The molecule has 4 heteroatoms. The first-order chi connectivity index (χ1) is 7.35. The van der Waals surface area contributed by atoms with Crippen molar-refractivity contribution in [1.82, 2.24) is 5.32 Å². The number of rotatable bonds is 4. The van der Waals surface area contributed by atoms with Crippen LogP contribution in [0.5, 0.6) is 0 Å². The van der Waals surface area contributed by atoms with E-state index >= 15 is 0 Å². The molecule has 0 aromatic rings. The van der Waals surface area contributed by atoms with Crippen molar-refractivity contribution in [2.75, 3.05) is 6.61 Å².